The smallest absolute Gasteiger partial charge is 0.269 e. The Labute approximate surface area is 153 Å². The van der Waals surface area contributed by atoms with E-state index >= 15 is 0 Å². The molecule has 25 heavy (non-hydrogen) atoms. The molecule has 0 fully saturated rings. The number of unbranched alkanes of at least 4 members (excludes halogenated alkanes) is 2. The average Bonchev–Trinajstić information content (AvgIpc) is 2.61. The van der Waals surface area contributed by atoms with Gasteiger partial charge in [-0.25, -0.2) is 0 Å². The fraction of sp³-hybridized carbons (Fsp3) is 0.368. The van der Waals surface area contributed by atoms with Crippen LogP contribution in [0.2, 0.25) is 5.02 Å². The van der Waals surface area contributed by atoms with Crippen LogP contribution in [0, 0.1) is 6.92 Å². The first-order valence-electron chi connectivity index (χ1n) is 8.40. The summed E-state index contributed by atoms with van der Waals surface area (Å²) < 4.78 is 5.37. The third-order valence-corrected chi connectivity index (χ3v) is 4.23. The third kappa shape index (κ3) is 5.36. The number of nitrogens with one attached hydrogen (secondary N) is 2. The Morgan fingerprint density at radius 1 is 1.28 bits per heavy atom. The van der Waals surface area contributed by atoms with Crippen molar-refractivity contribution in [1.82, 2.24) is 10.3 Å². The Balaban J connectivity index is 2.11. The summed E-state index contributed by atoms with van der Waals surface area (Å²) in [5.41, 5.74) is 2.86. The van der Waals surface area contributed by atoms with Crippen molar-refractivity contribution in [3.8, 4) is 5.75 Å². The van der Waals surface area contributed by atoms with Crippen LogP contribution in [0.3, 0.4) is 0 Å². The zero-order valence-electron chi connectivity index (χ0n) is 14.9. The first-order chi connectivity index (χ1) is 12.0. The number of aromatic nitrogens is 1. The Kier molecular flexibility index (Phi) is 7.07. The molecular formula is C19H24ClN3O2. The molecule has 0 spiro atoms. The van der Waals surface area contributed by atoms with Crippen LogP contribution in [0.1, 0.15) is 42.2 Å². The second-order valence-corrected chi connectivity index (χ2v) is 6.23. The number of pyridine rings is 1. The van der Waals surface area contributed by atoms with Gasteiger partial charge in [0.2, 0.25) is 0 Å². The van der Waals surface area contributed by atoms with E-state index < -0.39 is 0 Å². The minimum atomic E-state index is -0.168. The number of benzene rings is 1. The molecule has 0 aliphatic carbocycles. The van der Waals surface area contributed by atoms with Gasteiger partial charge in [0.15, 0.2) is 0 Å². The molecule has 1 amide bonds. The summed E-state index contributed by atoms with van der Waals surface area (Å²) >= 11 is 6.13. The molecule has 2 rings (SSSR count). The molecule has 0 bridgehead atoms. The topological polar surface area (TPSA) is 63.2 Å². The molecule has 0 saturated heterocycles. The summed E-state index contributed by atoms with van der Waals surface area (Å²) in [6.45, 7) is 4.72. The highest BCUT2D eigenvalue weighted by atomic mass is 35.5. The molecule has 1 aromatic heterocycles. The number of nitrogens with zero attached hydrogens (tertiary/aromatic N) is 1. The minimum absolute atomic E-state index is 0.168. The van der Waals surface area contributed by atoms with Crippen LogP contribution in [0.15, 0.2) is 30.5 Å². The molecule has 0 aliphatic heterocycles. The highest BCUT2D eigenvalue weighted by Crippen LogP contribution is 2.33. The van der Waals surface area contributed by atoms with Gasteiger partial charge in [-0.15, -0.1) is 0 Å². The van der Waals surface area contributed by atoms with Crippen molar-refractivity contribution in [1.29, 1.82) is 0 Å². The number of rotatable bonds is 8. The number of methoxy groups -OCH3 is 1. The number of anilines is 2. The lowest BCUT2D eigenvalue weighted by Gasteiger charge is -2.13. The van der Waals surface area contributed by atoms with Crippen molar-refractivity contribution >= 4 is 28.9 Å². The molecular weight excluding hydrogens is 338 g/mol. The number of aryl methyl sites for hydroxylation is 1. The number of carbonyl (C=O) groups excluding carboxylic acids is 1. The number of hydrogen-bond acceptors (Lipinski definition) is 4. The van der Waals surface area contributed by atoms with E-state index in [0.29, 0.717) is 23.0 Å². The van der Waals surface area contributed by atoms with Gasteiger partial charge < -0.3 is 15.4 Å². The van der Waals surface area contributed by atoms with Crippen LogP contribution in [-0.2, 0) is 0 Å². The molecule has 134 valence electrons. The van der Waals surface area contributed by atoms with E-state index in [1.165, 1.54) is 0 Å². The van der Waals surface area contributed by atoms with E-state index in [2.05, 4.69) is 22.5 Å². The average molecular weight is 362 g/mol. The predicted octanol–water partition coefficient (Wildman–Crippen LogP) is 4.72. The van der Waals surface area contributed by atoms with Gasteiger partial charge in [-0.1, -0.05) is 31.4 Å². The van der Waals surface area contributed by atoms with Gasteiger partial charge in [0.05, 0.1) is 12.8 Å². The quantitative estimate of drug-likeness (QED) is 0.668. The largest absolute Gasteiger partial charge is 0.495 e. The molecule has 1 heterocycles. The SMILES string of the molecule is CCCCCNC(=O)c1cc(Nc2cc(C)c(Cl)cc2OC)ccn1. The maximum Gasteiger partial charge on any atom is 0.269 e. The number of amides is 1. The summed E-state index contributed by atoms with van der Waals surface area (Å²) in [6.07, 6.45) is 4.81. The summed E-state index contributed by atoms with van der Waals surface area (Å²) in [7, 11) is 1.59. The lowest BCUT2D eigenvalue weighted by molar-refractivity contribution is 0.0948. The molecule has 0 saturated carbocycles. The van der Waals surface area contributed by atoms with Crippen LogP contribution in [0.4, 0.5) is 11.4 Å². The number of halogens is 1. The lowest BCUT2D eigenvalue weighted by Crippen LogP contribution is -2.25. The van der Waals surface area contributed by atoms with Crippen molar-refractivity contribution in [2.24, 2.45) is 0 Å². The second kappa shape index (κ2) is 9.28. The van der Waals surface area contributed by atoms with Crippen LogP contribution < -0.4 is 15.4 Å². The van der Waals surface area contributed by atoms with Gasteiger partial charge in [0, 0.05) is 29.5 Å². The normalized spacial score (nSPS) is 10.4. The highest BCUT2D eigenvalue weighted by Gasteiger charge is 2.10. The highest BCUT2D eigenvalue weighted by molar-refractivity contribution is 6.31. The molecule has 0 radical (unpaired) electrons. The summed E-state index contributed by atoms with van der Waals surface area (Å²) in [6, 6.07) is 7.20. The molecule has 0 atom stereocenters. The maximum absolute atomic E-state index is 12.2. The van der Waals surface area contributed by atoms with Gasteiger partial charge in [0.1, 0.15) is 11.4 Å². The summed E-state index contributed by atoms with van der Waals surface area (Å²) in [5, 5.41) is 6.79. The van der Waals surface area contributed by atoms with E-state index in [9.17, 15) is 4.79 Å². The lowest BCUT2D eigenvalue weighted by atomic mass is 10.2. The van der Waals surface area contributed by atoms with Crippen LogP contribution in [0.5, 0.6) is 5.75 Å². The van der Waals surface area contributed by atoms with Gasteiger partial charge in [-0.3, -0.25) is 9.78 Å². The van der Waals surface area contributed by atoms with Crippen molar-refractivity contribution in [3.63, 3.8) is 0 Å². The Morgan fingerprint density at radius 2 is 2.08 bits per heavy atom. The molecule has 2 N–H and O–H groups in total. The Morgan fingerprint density at radius 3 is 2.80 bits per heavy atom. The first-order valence-corrected chi connectivity index (χ1v) is 8.78. The van der Waals surface area contributed by atoms with E-state index in [1.54, 1.807) is 31.5 Å². The molecule has 6 heteroatoms. The number of hydrogen-bond donors (Lipinski definition) is 2. The fourth-order valence-electron chi connectivity index (χ4n) is 2.39. The van der Waals surface area contributed by atoms with Crippen molar-refractivity contribution < 1.29 is 9.53 Å². The second-order valence-electron chi connectivity index (χ2n) is 5.82. The van der Waals surface area contributed by atoms with Gasteiger partial charge in [-0.2, -0.15) is 0 Å². The van der Waals surface area contributed by atoms with Crippen molar-refractivity contribution in [3.05, 3.63) is 46.7 Å². The fourth-order valence-corrected chi connectivity index (χ4v) is 2.54. The molecule has 0 aliphatic rings. The van der Waals surface area contributed by atoms with Crippen molar-refractivity contribution in [2.75, 3.05) is 19.0 Å². The molecule has 1 aromatic carbocycles. The van der Waals surface area contributed by atoms with Gasteiger partial charge in [0.25, 0.3) is 5.91 Å². The summed E-state index contributed by atoms with van der Waals surface area (Å²) in [5.74, 6) is 0.469. The standard InChI is InChI=1S/C19H24ClN3O2/c1-4-5-6-8-22-19(24)17-11-14(7-9-21-17)23-16-10-13(2)15(20)12-18(16)25-3/h7,9-12H,4-6,8H2,1-3H3,(H,21,23)(H,22,24). The van der Waals surface area contributed by atoms with E-state index in [1.807, 2.05) is 13.0 Å². The van der Waals surface area contributed by atoms with Crippen molar-refractivity contribution in [2.45, 2.75) is 33.1 Å². The van der Waals surface area contributed by atoms with Crippen LogP contribution >= 0.6 is 11.6 Å². The van der Waals surface area contributed by atoms with E-state index in [0.717, 1.165) is 36.2 Å². The Bertz CT molecular complexity index is 735. The van der Waals surface area contributed by atoms with Crippen LogP contribution in [0.25, 0.3) is 0 Å². The zero-order valence-corrected chi connectivity index (χ0v) is 15.6. The third-order valence-electron chi connectivity index (χ3n) is 3.82. The molecule has 2 aromatic rings. The zero-order chi connectivity index (χ0) is 18.2. The molecule has 5 nitrogen and oxygen atoms in total. The van der Waals surface area contributed by atoms with Gasteiger partial charge in [-0.05, 0) is 37.1 Å². The summed E-state index contributed by atoms with van der Waals surface area (Å²) in [4.78, 5) is 16.3. The predicted molar refractivity (Wildman–Crippen MR) is 102 cm³/mol. The number of carbonyl (C=O) groups is 1. The first kappa shape index (κ1) is 19.1. The minimum Gasteiger partial charge on any atom is -0.495 e. The Hall–Kier alpha value is -2.27. The molecule has 0 unspecified atom stereocenters. The monoisotopic (exact) mass is 361 g/mol. The number of ether oxygens (including phenoxy) is 1. The maximum atomic E-state index is 12.2. The van der Waals surface area contributed by atoms with E-state index in [-0.39, 0.29) is 5.91 Å². The van der Waals surface area contributed by atoms with Crippen LogP contribution in [-0.4, -0.2) is 24.5 Å². The van der Waals surface area contributed by atoms with E-state index in [4.69, 9.17) is 16.3 Å². The van der Waals surface area contributed by atoms with Gasteiger partial charge >= 0.3 is 0 Å².